The second-order valence-electron chi connectivity index (χ2n) is 5.12. The summed E-state index contributed by atoms with van der Waals surface area (Å²) in [5.74, 6) is 0. The molecule has 0 bridgehead atoms. The molecule has 0 nitrogen and oxygen atoms in total. The summed E-state index contributed by atoms with van der Waals surface area (Å²) in [6, 6.07) is 2.35. The van der Waals surface area contributed by atoms with Crippen LogP contribution in [0.1, 0.15) is 75.7 Å². The van der Waals surface area contributed by atoms with Crippen LogP contribution in [-0.2, 0) is 12.8 Å². The molecule has 0 aliphatic carbocycles. The van der Waals surface area contributed by atoms with Gasteiger partial charge in [0.05, 0.1) is 3.79 Å². The summed E-state index contributed by atoms with van der Waals surface area (Å²) < 4.78 is 1.32. The quantitative estimate of drug-likeness (QED) is 0.416. The molecule has 0 N–H and O–H groups in total. The molecule has 0 aliphatic rings. The summed E-state index contributed by atoms with van der Waals surface area (Å²) in [4.78, 5) is 1.63. The molecule has 0 amide bonds. The molecule has 1 rings (SSSR count). The Bertz CT molecular complexity index is 287. The van der Waals surface area contributed by atoms with Crippen molar-refractivity contribution in [3.63, 3.8) is 0 Å². The van der Waals surface area contributed by atoms with E-state index in [-0.39, 0.29) is 0 Å². The van der Waals surface area contributed by atoms with Crippen molar-refractivity contribution in [1.82, 2.24) is 0 Å². The predicted octanol–water partition coefficient (Wildman–Crippen LogP) is 6.76. The van der Waals surface area contributed by atoms with E-state index >= 15 is 0 Å². The molecule has 1 aromatic rings. The molecular formula is C16H27BrS. The van der Waals surface area contributed by atoms with Crippen LogP contribution in [0.5, 0.6) is 0 Å². The molecule has 104 valence electrons. The van der Waals surface area contributed by atoms with E-state index in [2.05, 4.69) is 35.8 Å². The number of hydrogen-bond acceptors (Lipinski definition) is 1. The summed E-state index contributed by atoms with van der Waals surface area (Å²) in [5.41, 5.74) is 1.61. The van der Waals surface area contributed by atoms with Gasteiger partial charge in [0.2, 0.25) is 0 Å². The van der Waals surface area contributed by atoms with Gasteiger partial charge in [-0.3, -0.25) is 0 Å². The van der Waals surface area contributed by atoms with E-state index in [4.69, 9.17) is 0 Å². The molecule has 0 fully saturated rings. The van der Waals surface area contributed by atoms with Crippen molar-refractivity contribution in [2.45, 2.75) is 78.1 Å². The summed E-state index contributed by atoms with van der Waals surface area (Å²) in [6.45, 7) is 4.56. The number of aryl methyl sites for hydroxylation is 2. The molecule has 0 unspecified atom stereocenters. The molecule has 1 heterocycles. The highest BCUT2D eigenvalue weighted by molar-refractivity contribution is 9.11. The molecule has 0 aromatic carbocycles. The maximum Gasteiger partial charge on any atom is 0.0704 e. The van der Waals surface area contributed by atoms with Gasteiger partial charge < -0.3 is 0 Å². The number of hydrogen-bond donors (Lipinski definition) is 0. The Morgan fingerprint density at radius 3 is 2.11 bits per heavy atom. The Morgan fingerprint density at radius 2 is 1.50 bits per heavy atom. The van der Waals surface area contributed by atoms with E-state index in [1.165, 1.54) is 68.0 Å². The topological polar surface area (TPSA) is 0 Å². The van der Waals surface area contributed by atoms with Crippen LogP contribution in [0.2, 0.25) is 0 Å². The largest absolute Gasteiger partial charge is 0.133 e. The van der Waals surface area contributed by atoms with E-state index in [0.29, 0.717) is 0 Å². The first kappa shape index (κ1) is 16.2. The van der Waals surface area contributed by atoms with Crippen LogP contribution >= 0.6 is 27.3 Å². The van der Waals surface area contributed by atoms with Crippen molar-refractivity contribution in [1.29, 1.82) is 0 Å². The standard InChI is InChI=1S/C16H27BrS/c1-3-5-7-9-11-14-13-16(17)18-15(14)12-10-8-6-4-2/h13H,3-12H2,1-2H3. The Labute approximate surface area is 125 Å². The lowest BCUT2D eigenvalue weighted by atomic mass is 10.0. The molecule has 0 aliphatic heterocycles. The molecule has 18 heavy (non-hydrogen) atoms. The van der Waals surface area contributed by atoms with Crippen LogP contribution in [-0.4, -0.2) is 0 Å². The van der Waals surface area contributed by atoms with Gasteiger partial charge in [0, 0.05) is 4.88 Å². The number of thiophene rings is 1. The molecule has 0 spiro atoms. The zero-order valence-electron chi connectivity index (χ0n) is 11.9. The normalized spacial score (nSPS) is 11.1. The minimum Gasteiger partial charge on any atom is -0.133 e. The minimum atomic E-state index is 1.28. The van der Waals surface area contributed by atoms with Crippen LogP contribution < -0.4 is 0 Å². The molecule has 0 saturated heterocycles. The van der Waals surface area contributed by atoms with Crippen molar-refractivity contribution in [3.05, 3.63) is 20.3 Å². The fourth-order valence-corrected chi connectivity index (χ4v) is 4.15. The fourth-order valence-electron chi connectivity index (χ4n) is 2.31. The third-order valence-electron chi connectivity index (χ3n) is 3.42. The number of rotatable bonds is 10. The molecule has 0 radical (unpaired) electrons. The van der Waals surface area contributed by atoms with Crippen molar-refractivity contribution in [2.75, 3.05) is 0 Å². The lowest BCUT2D eigenvalue weighted by molar-refractivity contribution is 0.654. The van der Waals surface area contributed by atoms with Crippen LogP contribution in [0, 0.1) is 0 Å². The van der Waals surface area contributed by atoms with Crippen molar-refractivity contribution in [3.8, 4) is 0 Å². The Morgan fingerprint density at radius 1 is 0.889 bits per heavy atom. The summed E-state index contributed by atoms with van der Waals surface area (Å²) in [6.07, 6.45) is 13.5. The first-order valence-corrected chi connectivity index (χ1v) is 9.16. The van der Waals surface area contributed by atoms with Crippen LogP contribution in [0.3, 0.4) is 0 Å². The molecule has 1 aromatic heterocycles. The summed E-state index contributed by atoms with van der Waals surface area (Å²) >= 11 is 5.60. The zero-order chi connectivity index (χ0) is 13.2. The molecule has 2 heteroatoms. The number of halogens is 1. The van der Waals surface area contributed by atoms with Gasteiger partial charge in [-0.1, -0.05) is 52.4 Å². The van der Waals surface area contributed by atoms with Gasteiger partial charge in [0.1, 0.15) is 0 Å². The summed E-state index contributed by atoms with van der Waals surface area (Å²) in [7, 11) is 0. The van der Waals surface area contributed by atoms with E-state index in [9.17, 15) is 0 Å². The highest BCUT2D eigenvalue weighted by Gasteiger charge is 2.07. The fraction of sp³-hybridized carbons (Fsp3) is 0.750. The van der Waals surface area contributed by atoms with Crippen LogP contribution in [0.25, 0.3) is 0 Å². The third kappa shape index (κ3) is 6.38. The highest BCUT2D eigenvalue weighted by Crippen LogP contribution is 2.30. The van der Waals surface area contributed by atoms with Gasteiger partial charge in [0.25, 0.3) is 0 Å². The van der Waals surface area contributed by atoms with Crippen LogP contribution in [0.15, 0.2) is 9.85 Å². The van der Waals surface area contributed by atoms with Gasteiger partial charge >= 0.3 is 0 Å². The SMILES string of the molecule is CCCCCCc1cc(Br)sc1CCCCCC. The van der Waals surface area contributed by atoms with Crippen molar-refractivity contribution in [2.24, 2.45) is 0 Å². The zero-order valence-corrected chi connectivity index (χ0v) is 14.3. The van der Waals surface area contributed by atoms with E-state index in [1.54, 1.807) is 10.4 Å². The first-order chi connectivity index (χ1) is 8.77. The lowest BCUT2D eigenvalue weighted by Gasteiger charge is -2.03. The van der Waals surface area contributed by atoms with E-state index in [0.717, 1.165) is 0 Å². The Hall–Kier alpha value is 0.180. The Balaban J connectivity index is 2.36. The minimum absolute atomic E-state index is 1.28. The third-order valence-corrected chi connectivity index (χ3v) is 5.16. The average molecular weight is 331 g/mol. The molecule has 0 saturated carbocycles. The van der Waals surface area contributed by atoms with Gasteiger partial charge in [-0.25, -0.2) is 0 Å². The van der Waals surface area contributed by atoms with Crippen molar-refractivity contribution < 1.29 is 0 Å². The molecular weight excluding hydrogens is 304 g/mol. The van der Waals surface area contributed by atoms with Crippen molar-refractivity contribution >= 4 is 27.3 Å². The average Bonchev–Trinajstić information content (AvgIpc) is 2.71. The summed E-state index contributed by atoms with van der Waals surface area (Å²) in [5, 5.41) is 0. The molecule has 0 atom stereocenters. The maximum atomic E-state index is 3.65. The van der Waals surface area contributed by atoms with E-state index in [1.807, 2.05) is 11.3 Å². The first-order valence-electron chi connectivity index (χ1n) is 7.55. The predicted molar refractivity (Wildman–Crippen MR) is 87.7 cm³/mol. The second kappa shape index (κ2) is 10.0. The van der Waals surface area contributed by atoms with E-state index < -0.39 is 0 Å². The number of unbranched alkanes of at least 4 members (excludes halogenated alkanes) is 6. The van der Waals surface area contributed by atoms with Gasteiger partial charge in [-0.2, -0.15) is 0 Å². The van der Waals surface area contributed by atoms with Gasteiger partial charge in [-0.05, 0) is 53.2 Å². The highest BCUT2D eigenvalue weighted by atomic mass is 79.9. The lowest BCUT2D eigenvalue weighted by Crippen LogP contribution is -1.90. The Kier molecular flexibility index (Phi) is 9.04. The maximum absolute atomic E-state index is 3.65. The monoisotopic (exact) mass is 330 g/mol. The van der Waals surface area contributed by atoms with Crippen LogP contribution in [0.4, 0.5) is 0 Å². The smallest absolute Gasteiger partial charge is 0.0704 e. The van der Waals surface area contributed by atoms with Gasteiger partial charge in [-0.15, -0.1) is 11.3 Å². The second-order valence-corrected chi connectivity index (χ2v) is 7.64. The van der Waals surface area contributed by atoms with Gasteiger partial charge in [0.15, 0.2) is 0 Å².